The van der Waals surface area contributed by atoms with Gasteiger partial charge in [-0.25, -0.2) is 0 Å². The van der Waals surface area contributed by atoms with Crippen LogP contribution in [-0.2, 0) is 8.85 Å². The van der Waals surface area contributed by atoms with Gasteiger partial charge in [-0.1, -0.05) is 36.4 Å². The van der Waals surface area contributed by atoms with Crippen molar-refractivity contribution in [2.75, 3.05) is 25.7 Å². The topological polar surface area (TPSA) is 36.9 Å². The van der Waals surface area contributed by atoms with Crippen LogP contribution in [0, 0.1) is 0 Å². The lowest BCUT2D eigenvalue weighted by Gasteiger charge is -2.29. The van der Waals surface area contributed by atoms with E-state index in [4.69, 9.17) is 18.3 Å². The molecule has 0 aliphatic rings. The standard InChI is InChI=1S/C18H24O4Si/c1-3-21-23(22-4-2,15-19-17-11-7-5-8-12-17)16-20-18-13-9-6-10-14-18/h5-14H,3-4,15-16H2,1-2H3. The van der Waals surface area contributed by atoms with Crippen molar-refractivity contribution in [1.82, 2.24) is 0 Å². The summed E-state index contributed by atoms with van der Waals surface area (Å²) in [6, 6.07) is 19.4. The number of hydrogen-bond acceptors (Lipinski definition) is 4. The molecule has 0 saturated heterocycles. The maximum atomic E-state index is 5.98. The highest BCUT2D eigenvalue weighted by atomic mass is 28.4. The van der Waals surface area contributed by atoms with E-state index in [1.807, 2.05) is 74.5 Å². The normalized spacial score (nSPS) is 11.2. The first kappa shape index (κ1) is 17.5. The molecule has 0 saturated carbocycles. The van der Waals surface area contributed by atoms with E-state index in [1.165, 1.54) is 0 Å². The average Bonchev–Trinajstić information content (AvgIpc) is 2.60. The highest BCUT2D eigenvalue weighted by Crippen LogP contribution is 2.17. The fraction of sp³-hybridized carbons (Fsp3) is 0.333. The van der Waals surface area contributed by atoms with Crippen molar-refractivity contribution in [3.63, 3.8) is 0 Å². The summed E-state index contributed by atoms with van der Waals surface area (Å²) in [5.74, 6) is 1.62. The molecule has 0 unspecified atom stereocenters. The van der Waals surface area contributed by atoms with Gasteiger partial charge in [0.15, 0.2) is 0 Å². The molecule has 0 amide bonds. The highest BCUT2D eigenvalue weighted by molar-refractivity contribution is 6.67. The molecule has 2 aromatic rings. The van der Waals surface area contributed by atoms with Gasteiger partial charge in [-0.05, 0) is 38.1 Å². The fourth-order valence-corrected chi connectivity index (χ4v) is 4.52. The second-order valence-electron chi connectivity index (χ2n) is 4.98. The molecule has 0 heterocycles. The Bertz CT molecular complexity index is 496. The van der Waals surface area contributed by atoms with Crippen molar-refractivity contribution in [2.45, 2.75) is 13.8 Å². The predicted octanol–water partition coefficient (Wildman–Crippen LogP) is 3.74. The molecule has 0 atom stereocenters. The summed E-state index contributed by atoms with van der Waals surface area (Å²) < 4.78 is 23.8. The van der Waals surface area contributed by atoms with Crippen molar-refractivity contribution in [3.05, 3.63) is 60.7 Å². The van der Waals surface area contributed by atoms with E-state index >= 15 is 0 Å². The van der Waals surface area contributed by atoms with Crippen LogP contribution >= 0.6 is 0 Å². The Hall–Kier alpha value is -1.82. The third-order valence-electron chi connectivity index (χ3n) is 3.22. The van der Waals surface area contributed by atoms with Crippen molar-refractivity contribution in [3.8, 4) is 11.5 Å². The lowest BCUT2D eigenvalue weighted by molar-refractivity contribution is 0.136. The third-order valence-corrected chi connectivity index (χ3v) is 6.02. The van der Waals surface area contributed by atoms with Crippen LogP contribution in [-0.4, -0.2) is 34.2 Å². The Morgan fingerprint density at radius 1 is 0.652 bits per heavy atom. The zero-order valence-electron chi connectivity index (χ0n) is 13.7. The van der Waals surface area contributed by atoms with Gasteiger partial charge in [0.05, 0.1) is 0 Å². The van der Waals surface area contributed by atoms with Gasteiger partial charge in [-0.15, -0.1) is 0 Å². The van der Waals surface area contributed by atoms with Crippen LogP contribution in [0.4, 0.5) is 0 Å². The molecule has 0 N–H and O–H groups in total. The summed E-state index contributed by atoms with van der Waals surface area (Å²) >= 11 is 0. The Morgan fingerprint density at radius 3 is 1.39 bits per heavy atom. The number of benzene rings is 2. The van der Waals surface area contributed by atoms with Gasteiger partial charge >= 0.3 is 8.56 Å². The van der Waals surface area contributed by atoms with E-state index in [0.29, 0.717) is 25.7 Å². The van der Waals surface area contributed by atoms with Crippen molar-refractivity contribution >= 4 is 8.56 Å². The zero-order valence-corrected chi connectivity index (χ0v) is 14.7. The molecule has 0 spiro atoms. The minimum absolute atomic E-state index is 0.394. The summed E-state index contributed by atoms with van der Waals surface area (Å²) in [7, 11) is -2.61. The van der Waals surface area contributed by atoms with Crippen molar-refractivity contribution in [2.24, 2.45) is 0 Å². The minimum Gasteiger partial charge on any atom is -0.492 e. The lowest BCUT2D eigenvalue weighted by Crippen LogP contribution is -2.54. The van der Waals surface area contributed by atoms with Crippen LogP contribution < -0.4 is 9.47 Å². The average molecular weight is 332 g/mol. The molecule has 0 aliphatic carbocycles. The van der Waals surface area contributed by atoms with Gasteiger partial charge in [-0.2, -0.15) is 0 Å². The number of ether oxygens (including phenoxy) is 2. The van der Waals surface area contributed by atoms with Gasteiger partial charge in [0.2, 0.25) is 0 Å². The van der Waals surface area contributed by atoms with E-state index in [9.17, 15) is 0 Å². The van der Waals surface area contributed by atoms with Gasteiger partial charge in [0.25, 0.3) is 0 Å². The summed E-state index contributed by atoms with van der Waals surface area (Å²) in [5, 5.41) is 0. The first-order valence-corrected chi connectivity index (χ1v) is 10.1. The van der Waals surface area contributed by atoms with E-state index in [0.717, 1.165) is 11.5 Å². The van der Waals surface area contributed by atoms with E-state index in [2.05, 4.69) is 0 Å². The molecule has 0 aromatic heterocycles. The van der Waals surface area contributed by atoms with Crippen LogP contribution in [0.3, 0.4) is 0 Å². The monoisotopic (exact) mass is 332 g/mol. The van der Waals surface area contributed by atoms with Crippen LogP contribution in [0.2, 0.25) is 0 Å². The largest absolute Gasteiger partial charge is 0.492 e. The summed E-state index contributed by atoms with van der Waals surface area (Å²) in [4.78, 5) is 0. The molecule has 124 valence electrons. The number of hydrogen-bond donors (Lipinski definition) is 0. The third kappa shape index (κ3) is 5.71. The van der Waals surface area contributed by atoms with Gasteiger partial charge < -0.3 is 18.3 Å². The molecule has 0 fully saturated rings. The molecule has 2 rings (SSSR count). The SMILES string of the molecule is CCO[Si](COc1ccccc1)(COc1ccccc1)OCC. The zero-order chi connectivity index (χ0) is 16.4. The molecule has 0 aliphatic heterocycles. The Kier molecular flexibility index (Phi) is 7.12. The number of rotatable bonds is 10. The Labute approximate surface area is 139 Å². The predicted molar refractivity (Wildman–Crippen MR) is 92.9 cm³/mol. The van der Waals surface area contributed by atoms with Gasteiger partial charge in [0.1, 0.15) is 24.0 Å². The van der Waals surface area contributed by atoms with Gasteiger partial charge in [0, 0.05) is 13.2 Å². The first-order valence-electron chi connectivity index (χ1n) is 7.91. The van der Waals surface area contributed by atoms with Crippen LogP contribution in [0.1, 0.15) is 13.8 Å². The molecule has 2 aromatic carbocycles. The van der Waals surface area contributed by atoms with E-state index in [1.54, 1.807) is 0 Å². The summed E-state index contributed by atoms with van der Waals surface area (Å²) in [6.45, 7) is 5.07. The highest BCUT2D eigenvalue weighted by Gasteiger charge is 2.40. The number of para-hydroxylation sites is 2. The quantitative estimate of drug-likeness (QED) is 0.621. The van der Waals surface area contributed by atoms with E-state index in [-0.39, 0.29) is 0 Å². The lowest BCUT2D eigenvalue weighted by atomic mass is 10.3. The van der Waals surface area contributed by atoms with Crippen LogP contribution in [0.25, 0.3) is 0 Å². The molecule has 0 radical (unpaired) electrons. The molecular formula is C18H24O4Si. The maximum absolute atomic E-state index is 5.98. The molecule has 5 heteroatoms. The minimum atomic E-state index is -2.61. The maximum Gasteiger partial charge on any atom is 0.415 e. The molecule has 4 nitrogen and oxygen atoms in total. The van der Waals surface area contributed by atoms with Crippen LogP contribution in [0.15, 0.2) is 60.7 Å². The molecule has 23 heavy (non-hydrogen) atoms. The summed E-state index contributed by atoms with van der Waals surface area (Å²) in [5.41, 5.74) is 0. The second kappa shape index (κ2) is 9.35. The Balaban J connectivity index is 2.03. The summed E-state index contributed by atoms with van der Waals surface area (Å²) in [6.07, 6.45) is 0.789. The van der Waals surface area contributed by atoms with Crippen molar-refractivity contribution in [1.29, 1.82) is 0 Å². The van der Waals surface area contributed by atoms with Crippen LogP contribution in [0.5, 0.6) is 11.5 Å². The van der Waals surface area contributed by atoms with Gasteiger partial charge in [-0.3, -0.25) is 0 Å². The van der Waals surface area contributed by atoms with E-state index < -0.39 is 8.56 Å². The first-order chi connectivity index (χ1) is 11.3. The Morgan fingerprint density at radius 2 is 1.04 bits per heavy atom. The molecule has 0 bridgehead atoms. The fourth-order valence-electron chi connectivity index (χ4n) is 2.20. The van der Waals surface area contributed by atoms with Crippen molar-refractivity contribution < 1.29 is 18.3 Å². The molecular weight excluding hydrogens is 308 g/mol. The second-order valence-corrected chi connectivity index (χ2v) is 7.96. The smallest absolute Gasteiger partial charge is 0.415 e.